The molecule has 2 aliphatic rings. The summed E-state index contributed by atoms with van der Waals surface area (Å²) in [5.41, 5.74) is 1.34. The molecule has 2 heterocycles. The van der Waals surface area contributed by atoms with Crippen molar-refractivity contribution in [3.63, 3.8) is 0 Å². The second kappa shape index (κ2) is 2.42. The average Bonchev–Trinajstić information content (AvgIpc) is 2.05. The highest BCUT2D eigenvalue weighted by Gasteiger charge is 2.18. The van der Waals surface area contributed by atoms with Crippen LogP contribution < -0.4 is 10.6 Å². The molecule has 0 spiro atoms. The highest BCUT2D eigenvalue weighted by atomic mass is 15.1. The van der Waals surface area contributed by atoms with Gasteiger partial charge in [-0.15, -0.1) is 0 Å². The van der Waals surface area contributed by atoms with Crippen LogP contribution in [0.4, 0.5) is 0 Å². The van der Waals surface area contributed by atoms with Crippen molar-refractivity contribution in [2.45, 2.75) is 0 Å². The Morgan fingerprint density at radius 3 is 3.50 bits per heavy atom. The highest BCUT2D eigenvalue weighted by Crippen LogP contribution is 2.12. The van der Waals surface area contributed by atoms with Crippen LogP contribution in [0.2, 0.25) is 0 Å². The molecule has 54 valence electrons. The third-order valence-electron chi connectivity index (χ3n) is 1.93. The van der Waals surface area contributed by atoms with Gasteiger partial charge in [-0.1, -0.05) is 0 Å². The lowest BCUT2D eigenvalue weighted by Crippen LogP contribution is -2.44. The van der Waals surface area contributed by atoms with Crippen LogP contribution in [0.15, 0.2) is 16.8 Å². The average molecular weight is 137 g/mol. The van der Waals surface area contributed by atoms with Gasteiger partial charge in [-0.25, -0.2) is 0 Å². The van der Waals surface area contributed by atoms with Gasteiger partial charge in [-0.3, -0.25) is 10.3 Å². The van der Waals surface area contributed by atoms with Crippen molar-refractivity contribution >= 4 is 6.21 Å². The molecule has 2 aliphatic heterocycles. The minimum Gasteiger partial charge on any atom is -0.375 e. The molecule has 0 aromatic carbocycles. The minimum absolute atomic E-state index is 0.596. The van der Waals surface area contributed by atoms with Gasteiger partial charge in [0, 0.05) is 30.9 Å². The maximum atomic E-state index is 4.18. The Labute approximate surface area is 60.2 Å². The smallest absolute Gasteiger partial charge is 0.0650 e. The lowest BCUT2D eigenvalue weighted by molar-refractivity contribution is 0.441. The lowest BCUT2D eigenvalue weighted by Gasteiger charge is -2.27. The van der Waals surface area contributed by atoms with Crippen LogP contribution in [-0.2, 0) is 0 Å². The number of hydrogen-bond donors (Lipinski definition) is 2. The summed E-state index contributed by atoms with van der Waals surface area (Å²) in [6.07, 6.45) is 3.94. The Morgan fingerprint density at radius 2 is 2.60 bits per heavy atom. The van der Waals surface area contributed by atoms with E-state index in [4.69, 9.17) is 0 Å². The van der Waals surface area contributed by atoms with E-state index in [1.54, 1.807) is 0 Å². The van der Waals surface area contributed by atoms with Gasteiger partial charge < -0.3 is 5.32 Å². The maximum Gasteiger partial charge on any atom is 0.0650 e. The van der Waals surface area contributed by atoms with E-state index in [1.807, 2.05) is 6.21 Å². The third-order valence-corrected chi connectivity index (χ3v) is 1.93. The number of rotatable bonds is 0. The summed E-state index contributed by atoms with van der Waals surface area (Å²) in [4.78, 5) is 4.18. The van der Waals surface area contributed by atoms with E-state index in [9.17, 15) is 0 Å². The first-order valence-electron chi connectivity index (χ1n) is 3.61. The van der Waals surface area contributed by atoms with E-state index in [0.717, 1.165) is 19.8 Å². The summed E-state index contributed by atoms with van der Waals surface area (Å²) in [5.74, 6) is 0.596. The van der Waals surface area contributed by atoms with E-state index < -0.39 is 0 Å². The summed E-state index contributed by atoms with van der Waals surface area (Å²) in [5, 5.41) is 6.54. The van der Waals surface area contributed by atoms with Crippen LogP contribution in [-0.4, -0.2) is 26.0 Å². The van der Waals surface area contributed by atoms with Gasteiger partial charge in [0.15, 0.2) is 0 Å². The molecule has 0 amide bonds. The highest BCUT2D eigenvalue weighted by molar-refractivity contribution is 5.73. The zero-order valence-electron chi connectivity index (χ0n) is 5.80. The monoisotopic (exact) mass is 137 g/mol. The molecular weight excluding hydrogens is 126 g/mol. The van der Waals surface area contributed by atoms with Crippen LogP contribution in [0.25, 0.3) is 0 Å². The molecule has 1 unspecified atom stereocenters. The van der Waals surface area contributed by atoms with Crippen LogP contribution >= 0.6 is 0 Å². The summed E-state index contributed by atoms with van der Waals surface area (Å²) >= 11 is 0. The van der Waals surface area contributed by atoms with Gasteiger partial charge in [0.05, 0.1) is 6.67 Å². The molecule has 10 heavy (non-hydrogen) atoms. The molecule has 3 nitrogen and oxygen atoms in total. The largest absolute Gasteiger partial charge is 0.375 e. The molecule has 3 heteroatoms. The molecule has 2 N–H and O–H groups in total. The number of dihydropyridines is 1. The molecule has 2 rings (SSSR count). The van der Waals surface area contributed by atoms with Gasteiger partial charge in [0.1, 0.15) is 0 Å². The predicted octanol–water partition coefficient (Wildman–Crippen LogP) is -0.279. The maximum absolute atomic E-state index is 4.18. The van der Waals surface area contributed by atoms with E-state index in [-0.39, 0.29) is 0 Å². The van der Waals surface area contributed by atoms with Gasteiger partial charge in [0.25, 0.3) is 0 Å². The Kier molecular flexibility index (Phi) is 1.43. The van der Waals surface area contributed by atoms with Crippen LogP contribution in [0.1, 0.15) is 0 Å². The van der Waals surface area contributed by atoms with E-state index in [0.29, 0.717) is 5.92 Å². The lowest BCUT2D eigenvalue weighted by atomic mass is 10.0. The Morgan fingerprint density at radius 1 is 1.60 bits per heavy atom. The van der Waals surface area contributed by atoms with E-state index >= 15 is 0 Å². The second-order valence-electron chi connectivity index (χ2n) is 2.64. The first-order chi connectivity index (χ1) is 4.97. The van der Waals surface area contributed by atoms with E-state index in [2.05, 4.69) is 21.7 Å². The number of fused-ring (bicyclic) bond motifs is 1. The van der Waals surface area contributed by atoms with E-state index in [1.165, 1.54) is 5.70 Å². The number of nitrogens with one attached hydrogen (secondary N) is 2. The zero-order valence-corrected chi connectivity index (χ0v) is 5.80. The Balaban J connectivity index is 2.14. The fourth-order valence-electron chi connectivity index (χ4n) is 1.34. The number of aliphatic imine (C=N–C) groups is 1. The molecule has 0 aromatic heterocycles. The molecule has 1 atom stereocenters. The summed E-state index contributed by atoms with van der Waals surface area (Å²) in [6.45, 7) is 2.90. The second-order valence-corrected chi connectivity index (χ2v) is 2.64. The third kappa shape index (κ3) is 0.926. The van der Waals surface area contributed by atoms with Crippen molar-refractivity contribution in [2.75, 3.05) is 19.8 Å². The van der Waals surface area contributed by atoms with Crippen molar-refractivity contribution in [3.8, 4) is 0 Å². The summed E-state index contributed by atoms with van der Waals surface area (Å²) in [6, 6.07) is 0. The molecule has 0 aromatic rings. The van der Waals surface area contributed by atoms with Crippen LogP contribution in [0.5, 0.6) is 0 Å². The topological polar surface area (TPSA) is 36.4 Å². The van der Waals surface area contributed by atoms with Crippen molar-refractivity contribution in [1.29, 1.82) is 0 Å². The van der Waals surface area contributed by atoms with Crippen molar-refractivity contribution in [1.82, 2.24) is 10.6 Å². The number of allylic oxidation sites excluding steroid dienone is 1. The number of nitrogens with zero attached hydrogens (tertiary/aromatic N) is 1. The quantitative estimate of drug-likeness (QED) is 0.482. The Hall–Kier alpha value is -0.830. The molecule has 0 aliphatic carbocycles. The van der Waals surface area contributed by atoms with Gasteiger partial charge in [0.2, 0.25) is 0 Å². The van der Waals surface area contributed by atoms with Crippen molar-refractivity contribution < 1.29 is 0 Å². The fraction of sp³-hybridized carbons (Fsp3) is 0.571. The summed E-state index contributed by atoms with van der Waals surface area (Å²) < 4.78 is 0. The van der Waals surface area contributed by atoms with Crippen molar-refractivity contribution in [3.05, 3.63) is 11.8 Å². The normalized spacial score (nSPS) is 30.4. The SMILES string of the molecule is C1=NCC2CNCNC2=C1. The minimum atomic E-state index is 0.596. The summed E-state index contributed by atoms with van der Waals surface area (Å²) in [7, 11) is 0. The fourth-order valence-corrected chi connectivity index (χ4v) is 1.34. The molecule has 0 radical (unpaired) electrons. The molecular formula is C7H11N3. The first kappa shape index (κ1) is 5.92. The zero-order chi connectivity index (χ0) is 6.81. The Bertz CT molecular complexity index is 183. The molecule has 0 saturated carbocycles. The van der Waals surface area contributed by atoms with Gasteiger partial charge >= 0.3 is 0 Å². The number of hydrogen-bond acceptors (Lipinski definition) is 3. The van der Waals surface area contributed by atoms with Crippen molar-refractivity contribution in [2.24, 2.45) is 10.9 Å². The molecule has 1 saturated heterocycles. The predicted molar refractivity (Wildman–Crippen MR) is 40.9 cm³/mol. The molecule has 1 fully saturated rings. The van der Waals surface area contributed by atoms with Crippen LogP contribution in [0, 0.1) is 5.92 Å². The van der Waals surface area contributed by atoms with Gasteiger partial charge in [-0.2, -0.15) is 0 Å². The first-order valence-corrected chi connectivity index (χ1v) is 3.61. The molecule has 0 bridgehead atoms. The van der Waals surface area contributed by atoms with Crippen LogP contribution in [0.3, 0.4) is 0 Å². The standard InChI is InChI=1S/C7H11N3/c1-2-8-3-6-4-9-5-10-7(1)6/h1-2,6,9-10H,3-5H2. The van der Waals surface area contributed by atoms with Gasteiger partial charge in [-0.05, 0) is 6.08 Å².